The molecule has 0 aliphatic carbocycles. The lowest BCUT2D eigenvalue weighted by Gasteiger charge is -2.20. The van der Waals surface area contributed by atoms with E-state index in [1.165, 1.54) is 0 Å². The fraction of sp³-hybridized carbons (Fsp3) is 0.526. The number of ether oxygens (including phenoxy) is 1. The largest absolute Gasteiger partial charge is 0.484 e. The average molecular weight is 361 g/mol. The number of nitrogens with one attached hydrogen (secondary N) is 2. The SMILES string of the molecule is Cc1ccc(OCC(=O)NCCNC(=O)C2CC(=O)N(C(C)C)C2)cc1. The Morgan fingerprint density at radius 2 is 1.85 bits per heavy atom. The minimum atomic E-state index is -0.314. The highest BCUT2D eigenvalue weighted by molar-refractivity contribution is 5.89. The molecule has 1 fully saturated rings. The summed E-state index contributed by atoms with van der Waals surface area (Å²) in [6, 6.07) is 7.56. The van der Waals surface area contributed by atoms with Gasteiger partial charge in [-0.25, -0.2) is 0 Å². The summed E-state index contributed by atoms with van der Waals surface area (Å²) in [5.74, 6) is -0.0552. The zero-order valence-electron chi connectivity index (χ0n) is 15.6. The molecule has 0 aromatic heterocycles. The number of carbonyl (C=O) groups excluding carboxylic acids is 3. The molecule has 142 valence electrons. The van der Waals surface area contributed by atoms with Gasteiger partial charge in [0, 0.05) is 32.1 Å². The Morgan fingerprint density at radius 3 is 2.46 bits per heavy atom. The van der Waals surface area contributed by atoms with Crippen LogP contribution in [0.3, 0.4) is 0 Å². The van der Waals surface area contributed by atoms with Gasteiger partial charge in [-0.2, -0.15) is 0 Å². The first-order valence-electron chi connectivity index (χ1n) is 8.90. The number of rotatable bonds is 8. The van der Waals surface area contributed by atoms with Gasteiger partial charge >= 0.3 is 0 Å². The summed E-state index contributed by atoms with van der Waals surface area (Å²) in [6.07, 6.45) is 0.251. The fourth-order valence-corrected chi connectivity index (χ4v) is 2.77. The van der Waals surface area contributed by atoms with Crippen molar-refractivity contribution in [2.45, 2.75) is 33.2 Å². The molecule has 7 nitrogen and oxygen atoms in total. The highest BCUT2D eigenvalue weighted by Crippen LogP contribution is 2.20. The third kappa shape index (κ3) is 5.75. The van der Waals surface area contributed by atoms with Crippen molar-refractivity contribution in [1.82, 2.24) is 15.5 Å². The van der Waals surface area contributed by atoms with E-state index in [4.69, 9.17) is 4.74 Å². The Balaban J connectivity index is 1.61. The van der Waals surface area contributed by atoms with Crippen LogP contribution in [0.5, 0.6) is 5.75 Å². The Kier molecular flexibility index (Phi) is 7.00. The Morgan fingerprint density at radius 1 is 1.19 bits per heavy atom. The Labute approximate surface area is 154 Å². The number of likely N-dealkylation sites (tertiary alicyclic amines) is 1. The van der Waals surface area contributed by atoms with Gasteiger partial charge in [-0.15, -0.1) is 0 Å². The first-order chi connectivity index (χ1) is 12.4. The van der Waals surface area contributed by atoms with Gasteiger partial charge < -0.3 is 20.3 Å². The molecule has 2 rings (SSSR count). The first-order valence-corrected chi connectivity index (χ1v) is 8.90. The van der Waals surface area contributed by atoms with Gasteiger partial charge in [-0.1, -0.05) is 17.7 Å². The maximum atomic E-state index is 12.1. The molecule has 1 aromatic rings. The Bertz CT molecular complexity index is 643. The van der Waals surface area contributed by atoms with Crippen molar-refractivity contribution >= 4 is 17.7 Å². The van der Waals surface area contributed by atoms with E-state index in [2.05, 4.69) is 10.6 Å². The maximum absolute atomic E-state index is 12.1. The minimum Gasteiger partial charge on any atom is -0.484 e. The monoisotopic (exact) mass is 361 g/mol. The van der Waals surface area contributed by atoms with Crippen molar-refractivity contribution in [3.63, 3.8) is 0 Å². The van der Waals surface area contributed by atoms with Crippen LogP contribution in [0.1, 0.15) is 25.8 Å². The van der Waals surface area contributed by atoms with Crippen LogP contribution in [0, 0.1) is 12.8 Å². The Hall–Kier alpha value is -2.57. The van der Waals surface area contributed by atoms with Gasteiger partial charge in [0.2, 0.25) is 11.8 Å². The van der Waals surface area contributed by atoms with E-state index < -0.39 is 0 Å². The van der Waals surface area contributed by atoms with Crippen LogP contribution >= 0.6 is 0 Å². The number of amides is 3. The second-order valence-electron chi connectivity index (χ2n) is 6.78. The molecule has 7 heteroatoms. The van der Waals surface area contributed by atoms with Crippen LogP contribution in [-0.2, 0) is 14.4 Å². The molecule has 26 heavy (non-hydrogen) atoms. The number of carbonyl (C=O) groups is 3. The van der Waals surface area contributed by atoms with Crippen LogP contribution in [0.4, 0.5) is 0 Å². The van der Waals surface area contributed by atoms with Crippen molar-refractivity contribution in [3.8, 4) is 5.75 Å². The topological polar surface area (TPSA) is 87.7 Å². The summed E-state index contributed by atoms with van der Waals surface area (Å²) in [6.45, 7) is 6.87. The number of hydrogen-bond donors (Lipinski definition) is 2. The number of benzene rings is 1. The molecule has 0 bridgehead atoms. The first kappa shape index (κ1) is 19.8. The smallest absolute Gasteiger partial charge is 0.258 e. The summed E-state index contributed by atoms with van der Waals surface area (Å²) >= 11 is 0. The lowest BCUT2D eigenvalue weighted by Crippen LogP contribution is -2.40. The van der Waals surface area contributed by atoms with Crippen molar-refractivity contribution in [1.29, 1.82) is 0 Å². The normalized spacial score (nSPS) is 16.7. The third-order valence-corrected chi connectivity index (χ3v) is 4.29. The molecular formula is C19H27N3O4. The predicted molar refractivity (Wildman–Crippen MR) is 97.6 cm³/mol. The van der Waals surface area contributed by atoms with Gasteiger partial charge in [0.05, 0.1) is 5.92 Å². The summed E-state index contributed by atoms with van der Waals surface area (Å²) < 4.78 is 5.39. The van der Waals surface area contributed by atoms with Crippen LogP contribution < -0.4 is 15.4 Å². The zero-order chi connectivity index (χ0) is 19.1. The molecule has 2 N–H and O–H groups in total. The highest BCUT2D eigenvalue weighted by atomic mass is 16.5. The van der Waals surface area contributed by atoms with Gasteiger partial charge in [-0.05, 0) is 32.9 Å². The predicted octanol–water partition coefficient (Wildman–Crippen LogP) is 0.863. The van der Waals surface area contributed by atoms with Crippen LogP contribution in [0.25, 0.3) is 0 Å². The van der Waals surface area contributed by atoms with E-state index in [0.29, 0.717) is 25.4 Å². The van der Waals surface area contributed by atoms with Gasteiger partial charge in [0.1, 0.15) is 5.75 Å². The fourth-order valence-electron chi connectivity index (χ4n) is 2.77. The van der Waals surface area contributed by atoms with Gasteiger partial charge in [-0.3, -0.25) is 14.4 Å². The average Bonchev–Trinajstić information content (AvgIpc) is 3.00. The van der Waals surface area contributed by atoms with Gasteiger partial charge in [0.25, 0.3) is 5.91 Å². The summed E-state index contributed by atoms with van der Waals surface area (Å²) in [5, 5.41) is 5.46. The summed E-state index contributed by atoms with van der Waals surface area (Å²) in [7, 11) is 0. The molecule has 1 saturated heterocycles. The van der Waals surface area contributed by atoms with Crippen molar-refractivity contribution in [3.05, 3.63) is 29.8 Å². The molecule has 1 unspecified atom stereocenters. The number of aryl methyl sites for hydroxylation is 1. The van der Waals surface area contributed by atoms with Gasteiger partial charge in [0.15, 0.2) is 6.61 Å². The van der Waals surface area contributed by atoms with E-state index in [1.54, 1.807) is 4.90 Å². The summed E-state index contributed by atoms with van der Waals surface area (Å²) in [5.41, 5.74) is 1.12. The zero-order valence-corrected chi connectivity index (χ0v) is 15.6. The molecule has 3 amide bonds. The molecule has 1 aromatic carbocycles. The van der Waals surface area contributed by atoms with E-state index in [-0.39, 0.29) is 42.7 Å². The lowest BCUT2D eigenvalue weighted by molar-refractivity contribution is -0.129. The molecule has 1 atom stereocenters. The van der Waals surface area contributed by atoms with E-state index in [9.17, 15) is 14.4 Å². The molecule has 0 spiro atoms. The van der Waals surface area contributed by atoms with Crippen molar-refractivity contribution in [2.24, 2.45) is 5.92 Å². The lowest BCUT2D eigenvalue weighted by atomic mass is 10.1. The maximum Gasteiger partial charge on any atom is 0.258 e. The molecule has 1 aliphatic heterocycles. The number of hydrogen-bond acceptors (Lipinski definition) is 4. The van der Waals surface area contributed by atoms with Crippen LogP contribution in [0.15, 0.2) is 24.3 Å². The quantitative estimate of drug-likeness (QED) is 0.673. The second kappa shape index (κ2) is 9.22. The molecule has 0 saturated carbocycles. The van der Waals surface area contributed by atoms with Crippen molar-refractivity contribution in [2.75, 3.05) is 26.2 Å². The van der Waals surface area contributed by atoms with E-state index >= 15 is 0 Å². The van der Waals surface area contributed by atoms with Crippen LogP contribution in [0.2, 0.25) is 0 Å². The minimum absolute atomic E-state index is 0.0155. The molecule has 1 heterocycles. The third-order valence-electron chi connectivity index (χ3n) is 4.29. The standard InChI is InChI=1S/C19H27N3O4/c1-13(2)22-11-15(10-18(22)24)19(25)21-9-8-20-17(23)12-26-16-6-4-14(3)5-7-16/h4-7,13,15H,8-12H2,1-3H3,(H,20,23)(H,21,25). The molecule has 0 radical (unpaired) electrons. The van der Waals surface area contributed by atoms with E-state index in [0.717, 1.165) is 5.56 Å². The van der Waals surface area contributed by atoms with Crippen LogP contribution in [-0.4, -0.2) is 54.9 Å². The molecule has 1 aliphatic rings. The number of nitrogens with zero attached hydrogens (tertiary/aromatic N) is 1. The van der Waals surface area contributed by atoms with Crippen molar-refractivity contribution < 1.29 is 19.1 Å². The molecular weight excluding hydrogens is 334 g/mol. The second-order valence-corrected chi connectivity index (χ2v) is 6.78. The highest BCUT2D eigenvalue weighted by Gasteiger charge is 2.35. The van der Waals surface area contributed by atoms with E-state index in [1.807, 2.05) is 45.0 Å². The summed E-state index contributed by atoms with van der Waals surface area (Å²) in [4.78, 5) is 37.4.